The second-order valence-electron chi connectivity index (χ2n) is 5.73. The third-order valence-electron chi connectivity index (χ3n) is 4.27. The fourth-order valence-electron chi connectivity index (χ4n) is 2.81. The van der Waals surface area contributed by atoms with Crippen LogP contribution >= 0.6 is 0 Å². The summed E-state index contributed by atoms with van der Waals surface area (Å²) in [6.07, 6.45) is 1.10. The number of likely N-dealkylation sites (tertiary alicyclic amines) is 1. The Balaban J connectivity index is 2.18. The third-order valence-corrected chi connectivity index (χ3v) is 5.76. The van der Waals surface area contributed by atoms with E-state index in [0.717, 1.165) is 11.8 Å². The van der Waals surface area contributed by atoms with E-state index in [1.165, 1.54) is 6.92 Å². The van der Waals surface area contributed by atoms with E-state index in [-0.39, 0.29) is 17.7 Å². The molecule has 1 heterocycles. The molecule has 1 fully saturated rings. The molecular formula is C15H22N2O3S. The largest absolute Gasteiger partial charge is 0.341 e. The Kier molecular flexibility index (Phi) is 4.68. The van der Waals surface area contributed by atoms with E-state index in [1.807, 2.05) is 30.3 Å². The number of hydrogen-bond donors (Lipinski definition) is 1. The summed E-state index contributed by atoms with van der Waals surface area (Å²) >= 11 is 0. The molecule has 0 bridgehead atoms. The number of hydrogen-bond acceptors (Lipinski definition) is 4. The first-order valence-electron chi connectivity index (χ1n) is 7.07. The number of benzene rings is 1. The molecular weight excluding hydrogens is 288 g/mol. The van der Waals surface area contributed by atoms with Crippen LogP contribution in [0.15, 0.2) is 30.3 Å². The summed E-state index contributed by atoms with van der Waals surface area (Å²) in [4.78, 5) is 14.0. The van der Waals surface area contributed by atoms with Crippen LogP contribution < -0.4 is 5.73 Å². The first-order chi connectivity index (χ1) is 9.84. The van der Waals surface area contributed by atoms with E-state index in [2.05, 4.69) is 0 Å². The predicted octanol–water partition coefficient (Wildman–Crippen LogP) is 0.620. The number of nitrogens with two attached hydrogens (primary N) is 1. The molecule has 1 aromatic carbocycles. The van der Waals surface area contributed by atoms with Crippen LogP contribution in [0.1, 0.15) is 18.4 Å². The fourth-order valence-corrected chi connectivity index (χ4v) is 3.32. The molecule has 116 valence electrons. The predicted molar refractivity (Wildman–Crippen MR) is 82.6 cm³/mol. The summed E-state index contributed by atoms with van der Waals surface area (Å²) < 4.78 is 23.1. The molecule has 2 rings (SSSR count). The van der Waals surface area contributed by atoms with Gasteiger partial charge in [0.25, 0.3) is 0 Å². The molecule has 2 N–H and O–H groups in total. The molecule has 0 spiro atoms. The monoisotopic (exact) mass is 310 g/mol. The van der Waals surface area contributed by atoms with Gasteiger partial charge in [0.2, 0.25) is 5.91 Å². The Morgan fingerprint density at radius 2 is 1.95 bits per heavy atom. The Morgan fingerprint density at radius 3 is 2.48 bits per heavy atom. The highest BCUT2D eigenvalue weighted by Gasteiger charge is 2.38. The lowest BCUT2D eigenvalue weighted by Crippen LogP contribution is -2.40. The van der Waals surface area contributed by atoms with Gasteiger partial charge in [0.05, 0.1) is 0 Å². The van der Waals surface area contributed by atoms with Gasteiger partial charge < -0.3 is 10.6 Å². The van der Waals surface area contributed by atoms with Crippen molar-refractivity contribution >= 4 is 15.7 Å². The molecule has 0 aromatic heterocycles. The minimum absolute atomic E-state index is 0.170. The summed E-state index contributed by atoms with van der Waals surface area (Å²) in [5.74, 6) is 0.0180. The SMILES string of the molecule is CC(C(=O)N1C[C@@H](CN)[C@H](c2ccccc2)C1)S(C)(=O)=O. The molecule has 1 aliphatic rings. The molecule has 0 radical (unpaired) electrons. The Bertz CT molecular complexity index is 601. The van der Waals surface area contributed by atoms with Crippen LogP contribution in [0.3, 0.4) is 0 Å². The molecule has 1 saturated heterocycles. The van der Waals surface area contributed by atoms with Crippen LogP contribution in [0.4, 0.5) is 0 Å². The van der Waals surface area contributed by atoms with Gasteiger partial charge in [0.1, 0.15) is 5.25 Å². The number of amides is 1. The first kappa shape index (κ1) is 16.0. The van der Waals surface area contributed by atoms with Crippen LogP contribution in [0.5, 0.6) is 0 Å². The fraction of sp³-hybridized carbons (Fsp3) is 0.533. The molecule has 0 saturated carbocycles. The van der Waals surface area contributed by atoms with Crippen molar-refractivity contribution in [1.29, 1.82) is 0 Å². The highest BCUT2D eigenvalue weighted by atomic mass is 32.2. The van der Waals surface area contributed by atoms with Gasteiger partial charge in [-0.25, -0.2) is 8.42 Å². The molecule has 21 heavy (non-hydrogen) atoms. The van der Waals surface area contributed by atoms with Crippen LogP contribution in [0, 0.1) is 5.92 Å². The maximum atomic E-state index is 12.3. The van der Waals surface area contributed by atoms with Gasteiger partial charge in [-0.3, -0.25) is 4.79 Å². The van der Waals surface area contributed by atoms with Crippen molar-refractivity contribution in [3.05, 3.63) is 35.9 Å². The van der Waals surface area contributed by atoms with Crippen molar-refractivity contribution < 1.29 is 13.2 Å². The highest BCUT2D eigenvalue weighted by Crippen LogP contribution is 2.32. The van der Waals surface area contributed by atoms with Crippen LogP contribution in [-0.2, 0) is 14.6 Å². The van der Waals surface area contributed by atoms with E-state index < -0.39 is 15.1 Å². The van der Waals surface area contributed by atoms with Crippen molar-refractivity contribution in [2.75, 3.05) is 25.9 Å². The number of sulfone groups is 1. The average Bonchev–Trinajstić information content (AvgIpc) is 2.90. The molecule has 5 nitrogen and oxygen atoms in total. The molecule has 1 amide bonds. The molecule has 1 unspecified atom stereocenters. The molecule has 1 aliphatic heterocycles. The highest BCUT2D eigenvalue weighted by molar-refractivity contribution is 7.92. The zero-order chi connectivity index (χ0) is 15.6. The maximum Gasteiger partial charge on any atom is 0.240 e. The zero-order valence-electron chi connectivity index (χ0n) is 12.4. The number of rotatable bonds is 4. The summed E-state index contributed by atoms with van der Waals surface area (Å²) in [7, 11) is -3.37. The van der Waals surface area contributed by atoms with Gasteiger partial charge in [0.15, 0.2) is 9.84 Å². The average molecular weight is 310 g/mol. The standard InChI is InChI=1S/C15H22N2O3S/c1-11(21(2,19)20)15(18)17-9-13(8-16)14(10-17)12-6-4-3-5-7-12/h3-7,11,13-14H,8-10,16H2,1-2H3/t11?,13-,14+/m1/s1. The van der Waals surface area contributed by atoms with E-state index >= 15 is 0 Å². The number of nitrogens with zero attached hydrogens (tertiary/aromatic N) is 1. The van der Waals surface area contributed by atoms with Crippen LogP contribution in [0.2, 0.25) is 0 Å². The second kappa shape index (κ2) is 6.15. The van der Waals surface area contributed by atoms with E-state index in [4.69, 9.17) is 5.73 Å². The van der Waals surface area contributed by atoms with Crippen LogP contribution in [-0.4, -0.2) is 50.4 Å². The van der Waals surface area contributed by atoms with Crippen molar-refractivity contribution in [2.45, 2.75) is 18.1 Å². The summed E-state index contributed by atoms with van der Waals surface area (Å²) in [6.45, 7) is 2.99. The van der Waals surface area contributed by atoms with Crippen molar-refractivity contribution in [3.63, 3.8) is 0 Å². The lowest BCUT2D eigenvalue weighted by molar-refractivity contribution is -0.129. The van der Waals surface area contributed by atoms with E-state index in [0.29, 0.717) is 19.6 Å². The second-order valence-corrected chi connectivity index (χ2v) is 8.09. The van der Waals surface area contributed by atoms with Gasteiger partial charge in [-0.2, -0.15) is 0 Å². The summed E-state index contributed by atoms with van der Waals surface area (Å²) in [6, 6.07) is 9.94. The topological polar surface area (TPSA) is 80.5 Å². The molecule has 3 atom stereocenters. The Hall–Kier alpha value is -1.40. The number of carbonyl (C=O) groups is 1. The Labute approximate surface area is 126 Å². The number of carbonyl (C=O) groups excluding carboxylic acids is 1. The third kappa shape index (κ3) is 3.44. The quantitative estimate of drug-likeness (QED) is 0.884. The van der Waals surface area contributed by atoms with Gasteiger partial charge >= 0.3 is 0 Å². The van der Waals surface area contributed by atoms with Gasteiger partial charge in [-0.15, -0.1) is 0 Å². The maximum absolute atomic E-state index is 12.3. The van der Waals surface area contributed by atoms with Crippen LogP contribution in [0.25, 0.3) is 0 Å². The van der Waals surface area contributed by atoms with Gasteiger partial charge in [-0.1, -0.05) is 30.3 Å². The first-order valence-corrected chi connectivity index (χ1v) is 9.02. The lowest BCUT2D eigenvalue weighted by Gasteiger charge is -2.20. The summed E-state index contributed by atoms with van der Waals surface area (Å²) in [5, 5.41) is -0.995. The zero-order valence-corrected chi connectivity index (χ0v) is 13.2. The molecule has 0 aliphatic carbocycles. The van der Waals surface area contributed by atoms with Crippen molar-refractivity contribution in [2.24, 2.45) is 11.7 Å². The Morgan fingerprint density at radius 1 is 1.33 bits per heavy atom. The lowest BCUT2D eigenvalue weighted by atomic mass is 9.89. The van der Waals surface area contributed by atoms with Gasteiger partial charge in [-0.05, 0) is 24.9 Å². The van der Waals surface area contributed by atoms with Gasteiger partial charge in [0, 0.05) is 25.3 Å². The smallest absolute Gasteiger partial charge is 0.240 e. The van der Waals surface area contributed by atoms with E-state index in [1.54, 1.807) is 4.90 Å². The minimum atomic E-state index is -3.37. The minimum Gasteiger partial charge on any atom is -0.341 e. The van der Waals surface area contributed by atoms with E-state index in [9.17, 15) is 13.2 Å². The summed E-state index contributed by atoms with van der Waals surface area (Å²) in [5.41, 5.74) is 6.98. The van der Waals surface area contributed by atoms with Crippen molar-refractivity contribution in [3.8, 4) is 0 Å². The normalized spacial score (nSPS) is 24.0. The van der Waals surface area contributed by atoms with Crippen molar-refractivity contribution in [1.82, 2.24) is 4.90 Å². The molecule has 6 heteroatoms. The molecule has 1 aromatic rings.